The lowest BCUT2D eigenvalue weighted by molar-refractivity contribution is -0.162. The Balaban J connectivity index is 1.80. The van der Waals surface area contributed by atoms with Gasteiger partial charge in [-0.3, -0.25) is 9.59 Å². The van der Waals surface area contributed by atoms with E-state index in [-0.39, 0.29) is 53.0 Å². The smallest absolute Gasteiger partial charge is 0.346 e. The lowest BCUT2D eigenvalue weighted by Gasteiger charge is -2.56. The molecule has 1 spiro atoms. The van der Waals surface area contributed by atoms with E-state index in [4.69, 9.17) is 9.47 Å². The van der Waals surface area contributed by atoms with Gasteiger partial charge < -0.3 is 14.6 Å². The summed E-state index contributed by atoms with van der Waals surface area (Å²) in [5, 5.41) is 12.5. The maximum atomic E-state index is 14.8. The molecule has 0 amide bonds. The number of Topliss-reactive ketones (excluding diaryl/α,β-unsaturated/α-hetero) is 1. The van der Waals surface area contributed by atoms with E-state index in [9.17, 15) is 19.5 Å². The number of allylic oxidation sites excluding steroid dienone is 6. The molecule has 2 fully saturated rings. The Hall–Kier alpha value is -2.89. The van der Waals surface area contributed by atoms with E-state index in [1.54, 1.807) is 0 Å². The van der Waals surface area contributed by atoms with E-state index < -0.39 is 28.2 Å². The molecule has 228 valence electrons. The van der Waals surface area contributed by atoms with Crippen LogP contribution in [-0.2, 0) is 23.9 Å². The van der Waals surface area contributed by atoms with Gasteiger partial charge in [0.05, 0.1) is 5.41 Å². The molecule has 0 aromatic carbocycles. The third-order valence-electron chi connectivity index (χ3n) is 11.5. The monoisotopic (exact) mass is 576 g/mol. The fourth-order valence-corrected chi connectivity index (χ4v) is 9.60. The lowest BCUT2D eigenvalue weighted by Crippen LogP contribution is -2.54. The minimum atomic E-state index is -1.42. The second-order valence-corrected chi connectivity index (χ2v) is 14.5. The van der Waals surface area contributed by atoms with Crippen LogP contribution in [0.25, 0.3) is 0 Å². The maximum absolute atomic E-state index is 14.8. The molecule has 1 aliphatic heterocycles. The topological polar surface area (TPSA) is 89.9 Å². The van der Waals surface area contributed by atoms with Gasteiger partial charge in [-0.2, -0.15) is 0 Å². The van der Waals surface area contributed by atoms with Crippen molar-refractivity contribution in [1.29, 1.82) is 0 Å². The number of carbonyl (C=O) groups is 3. The van der Waals surface area contributed by atoms with Gasteiger partial charge in [-0.25, -0.2) is 4.79 Å². The molecule has 6 nitrogen and oxygen atoms in total. The summed E-state index contributed by atoms with van der Waals surface area (Å²) in [5.41, 5.74) is 0.982. The maximum Gasteiger partial charge on any atom is 0.346 e. The van der Waals surface area contributed by atoms with Crippen molar-refractivity contribution in [2.45, 2.75) is 106 Å². The number of fused-ring (bicyclic) bond motifs is 4. The van der Waals surface area contributed by atoms with Crippen molar-refractivity contribution in [3.05, 3.63) is 57.9 Å². The molecule has 1 heterocycles. The van der Waals surface area contributed by atoms with Crippen molar-refractivity contribution in [2.24, 2.45) is 40.4 Å². The molecule has 0 aromatic rings. The Morgan fingerprint density at radius 2 is 1.71 bits per heavy atom. The average Bonchev–Trinajstić information content (AvgIpc) is 3.13. The summed E-state index contributed by atoms with van der Waals surface area (Å²) in [7, 11) is 0. The molecule has 4 aliphatic carbocycles. The summed E-state index contributed by atoms with van der Waals surface area (Å²) in [6.45, 7) is 18.0. The number of hydrogen-bond acceptors (Lipinski definition) is 6. The zero-order chi connectivity index (χ0) is 30.9. The van der Waals surface area contributed by atoms with Crippen LogP contribution < -0.4 is 0 Å². The van der Waals surface area contributed by atoms with Crippen LogP contribution in [0.4, 0.5) is 0 Å². The molecule has 1 saturated carbocycles. The minimum absolute atomic E-state index is 0.0417. The van der Waals surface area contributed by atoms with Crippen molar-refractivity contribution in [3.8, 4) is 0 Å². The predicted octanol–water partition coefficient (Wildman–Crippen LogP) is 7.52. The van der Waals surface area contributed by atoms with Gasteiger partial charge in [-0.1, -0.05) is 67.4 Å². The van der Waals surface area contributed by atoms with Gasteiger partial charge in [0, 0.05) is 30.6 Å². The Kier molecular flexibility index (Phi) is 7.55. The second kappa shape index (κ2) is 10.4. The van der Waals surface area contributed by atoms with Crippen LogP contribution in [0.3, 0.4) is 0 Å². The van der Waals surface area contributed by atoms with E-state index in [0.29, 0.717) is 6.42 Å². The third-order valence-corrected chi connectivity index (χ3v) is 11.5. The molecule has 6 heteroatoms. The van der Waals surface area contributed by atoms with Crippen molar-refractivity contribution in [2.75, 3.05) is 0 Å². The molecular formula is C36H48O6. The molecule has 5 rings (SSSR count). The summed E-state index contributed by atoms with van der Waals surface area (Å²) in [4.78, 5) is 40.8. The highest BCUT2D eigenvalue weighted by atomic mass is 16.6. The summed E-state index contributed by atoms with van der Waals surface area (Å²) in [6, 6.07) is 0. The number of rotatable bonds is 1. The third kappa shape index (κ3) is 4.38. The van der Waals surface area contributed by atoms with Crippen LogP contribution in [0, 0.1) is 40.4 Å². The first-order chi connectivity index (χ1) is 19.6. The van der Waals surface area contributed by atoms with Crippen LogP contribution in [0.15, 0.2) is 57.9 Å². The van der Waals surface area contributed by atoms with E-state index in [1.165, 1.54) is 6.92 Å². The molecule has 42 heavy (non-hydrogen) atoms. The van der Waals surface area contributed by atoms with Crippen LogP contribution in [0.5, 0.6) is 0 Å². The molecule has 5 aliphatic rings. The highest BCUT2D eigenvalue weighted by Gasteiger charge is 2.66. The molecule has 2 bridgehead atoms. The molecular weight excluding hydrogens is 528 g/mol. The molecule has 9 unspecified atom stereocenters. The molecule has 0 radical (unpaired) electrons. The summed E-state index contributed by atoms with van der Waals surface area (Å²) in [5.74, 6) is -2.01. The fourth-order valence-electron chi connectivity index (χ4n) is 9.60. The van der Waals surface area contributed by atoms with Gasteiger partial charge in [-0.15, -0.1) is 0 Å². The molecule has 9 atom stereocenters. The summed E-state index contributed by atoms with van der Waals surface area (Å²) in [6.07, 6.45) is 11.9. The first-order valence-electron chi connectivity index (χ1n) is 15.7. The number of hydrogen-bond donors (Lipinski definition) is 1. The van der Waals surface area contributed by atoms with E-state index in [1.807, 2.05) is 13.8 Å². The molecule has 1 N–H and O–H groups in total. The predicted molar refractivity (Wildman–Crippen MR) is 162 cm³/mol. The van der Waals surface area contributed by atoms with Crippen LogP contribution >= 0.6 is 0 Å². The first kappa shape index (κ1) is 30.6. The number of ketones is 1. The molecule has 0 aromatic heterocycles. The standard InChI is InChI=1S/C36H48O6/c1-19-11-10-12-20(2)29-22(4)15-26-27(41-25(7)37)14-13-21(3)30(26)35(29,9)31(38)28-32(39)36(42-33(28)40)18-24(6)23(5)17-34(36,8)16-19/h12,15-17,21,24,26-27,29-30,38H,10-11,13-14,18H2,1-9H3/b19-16+,20-12?,31-28-. The number of aliphatic hydroxyl groups excluding tert-OH is 1. The summed E-state index contributed by atoms with van der Waals surface area (Å²) >= 11 is 0. The SMILES string of the molecule is CC(=O)OC1CCC(C)C2C1C=C(C)C1C(C)=CCC/C(C)=C/C3(C)C=C(C)C(C)CC34OC(=O)/C(=C(\O)C12C)C4=O. The molecule has 1 saturated heterocycles. The van der Waals surface area contributed by atoms with Crippen LogP contribution in [0.1, 0.15) is 94.4 Å². The van der Waals surface area contributed by atoms with Crippen LogP contribution in [0.2, 0.25) is 0 Å². The van der Waals surface area contributed by atoms with Gasteiger partial charge in [-0.05, 0) is 78.1 Å². The van der Waals surface area contributed by atoms with Crippen molar-refractivity contribution >= 4 is 17.7 Å². The van der Waals surface area contributed by atoms with Crippen molar-refractivity contribution < 1.29 is 29.0 Å². The normalized spacial score (nSPS) is 45.2. The van der Waals surface area contributed by atoms with E-state index >= 15 is 0 Å². The van der Waals surface area contributed by atoms with Gasteiger partial charge in [0.2, 0.25) is 5.78 Å². The fraction of sp³-hybridized carbons (Fsp3) is 0.639. The van der Waals surface area contributed by atoms with E-state index in [0.717, 1.165) is 48.0 Å². The highest BCUT2D eigenvalue weighted by Crippen LogP contribution is 2.62. The largest absolute Gasteiger partial charge is 0.511 e. The number of ether oxygens (including phenoxy) is 2. The van der Waals surface area contributed by atoms with Gasteiger partial charge in [0.15, 0.2) is 5.60 Å². The second-order valence-electron chi connectivity index (χ2n) is 14.5. The number of esters is 2. The average molecular weight is 577 g/mol. The van der Waals surface area contributed by atoms with E-state index in [2.05, 4.69) is 65.8 Å². The van der Waals surface area contributed by atoms with Crippen molar-refractivity contribution in [1.82, 2.24) is 0 Å². The Morgan fingerprint density at radius 3 is 2.38 bits per heavy atom. The summed E-state index contributed by atoms with van der Waals surface area (Å²) < 4.78 is 12.1. The lowest BCUT2D eigenvalue weighted by atomic mass is 9.49. The zero-order valence-electron chi connectivity index (χ0n) is 26.8. The number of carbonyl (C=O) groups excluding carboxylic acids is 3. The first-order valence-corrected chi connectivity index (χ1v) is 15.7. The van der Waals surface area contributed by atoms with Gasteiger partial charge in [0.25, 0.3) is 0 Å². The van der Waals surface area contributed by atoms with Gasteiger partial charge in [0.1, 0.15) is 17.4 Å². The quantitative estimate of drug-likeness (QED) is 0.197. The Labute approximate surface area is 251 Å². The minimum Gasteiger partial charge on any atom is -0.511 e. The Bertz CT molecular complexity index is 1370. The zero-order valence-corrected chi connectivity index (χ0v) is 26.8. The van der Waals surface area contributed by atoms with Gasteiger partial charge >= 0.3 is 11.9 Å². The Morgan fingerprint density at radius 1 is 1.02 bits per heavy atom. The number of aliphatic hydroxyl groups is 1. The van der Waals surface area contributed by atoms with Crippen LogP contribution in [-0.4, -0.2) is 34.5 Å². The van der Waals surface area contributed by atoms with Crippen molar-refractivity contribution in [3.63, 3.8) is 0 Å². The highest BCUT2D eigenvalue weighted by molar-refractivity contribution is 6.26.